The lowest BCUT2D eigenvalue weighted by molar-refractivity contribution is -0.145. The summed E-state index contributed by atoms with van der Waals surface area (Å²) in [6, 6.07) is 0. The van der Waals surface area contributed by atoms with E-state index in [0.717, 1.165) is 6.42 Å². The molecule has 4 nitrogen and oxygen atoms in total. The number of hydrogen-bond donors (Lipinski definition) is 0. The van der Waals surface area contributed by atoms with E-state index >= 15 is 0 Å². The fraction of sp³-hybridized carbons (Fsp3) is 0.889. The number of rotatable bonds is 0. The molecule has 1 rings (SSSR count). The van der Waals surface area contributed by atoms with Crippen molar-refractivity contribution in [3.05, 3.63) is 0 Å². The zero-order valence-electron chi connectivity index (χ0n) is 8.04. The number of carbonyl (C=O) groups is 1. The smallest absolute Gasteiger partial charge is 0.305 e. The molecule has 82 valence electrons. The molecule has 0 aliphatic carbocycles. The first-order chi connectivity index (χ1) is 6.79. The van der Waals surface area contributed by atoms with Crippen molar-refractivity contribution in [2.45, 2.75) is 16.8 Å². The summed E-state index contributed by atoms with van der Waals surface area (Å²) >= 11 is 2.29. The van der Waals surface area contributed by atoms with Gasteiger partial charge in [0.2, 0.25) is 0 Å². The number of alkyl halides is 1. The van der Waals surface area contributed by atoms with Crippen molar-refractivity contribution in [3.63, 3.8) is 0 Å². The van der Waals surface area contributed by atoms with E-state index in [0.29, 0.717) is 43.4 Å². The molecular weight excluding hydrogens is 299 g/mol. The van der Waals surface area contributed by atoms with Crippen molar-refractivity contribution in [1.82, 2.24) is 0 Å². The number of hydrogen-bond acceptors (Lipinski definition) is 4. The van der Waals surface area contributed by atoms with Gasteiger partial charge in [-0.2, -0.15) is 0 Å². The largest absolute Gasteiger partial charge is 0.463 e. The summed E-state index contributed by atoms with van der Waals surface area (Å²) in [5, 5.41) is 0. The normalized spacial score (nSPS) is 27.2. The molecule has 1 atom stereocenters. The molecule has 1 unspecified atom stereocenters. The van der Waals surface area contributed by atoms with Gasteiger partial charge in [0.05, 0.1) is 26.4 Å². The summed E-state index contributed by atoms with van der Waals surface area (Å²) < 4.78 is 15.9. The van der Waals surface area contributed by atoms with E-state index in [2.05, 4.69) is 22.6 Å². The molecular formula is C9H15IO4. The minimum absolute atomic E-state index is 0.143. The number of ether oxygens (including phenoxy) is 3. The van der Waals surface area contributed by atoms with E-state index in [1.54, 1.807) is 0 Å². The second-order valence-corrected chi connectivity index (χ2v) is 4.81. The summed E-state index contributed by atoms with van der Waals surface area (Å²) in [5.41, 5.74) is 0. The Balaban J connectivity index is 2.25. The molecule has 0 aromatic heterocycles. The van der Waals surface area contributed by atoms with Crippen LogP contribution >= 0.6 is 22.6 Å². The molecule has 0 bridgehead atoms. The maximum absolute atomic E-state index is 11.1. The van der Waals surface area contributed by atoms with Gasteiger partial charge in [0.1, 0.15) is 6.61 Å². The molecule has 1 heterocycles. The fourth-order valence-electron chi connectivity index (χ4n) is 1.08. The van der Waals surface area contributed by atoms with E-state index in [1.165, 1.54) is 0 Å². The van der Waals surface area contributed by atoms with Crippen LogP contribution in [0.15, 0.2) is 0 Å². The van der Waals surface area contributed by atoms with Gasteiger partial charge < -0.3 is 14.2 Å². The minimum atomic E-state index is -0.143. The van der Waals surface area contributed by atoms with Gasteiger partial charge in [0.25, 0.3) is 0 Å². The van der Waals surface area contributed by atoms with Gasteiger partial charge in [0.15, 0.2) is 0 Å². The van der Waals surface area contributed by atoms with Gasteiger partial charge >= 0.3 is 5.97 Å². The van der Waals surface area contributed by atoms with Gasteiger partial charge in [-0.05, 0) is 6.42 Å². The summed E-state index contributed by atoms with van der Waals surface area (Å²) in [5.74, 6) is -0.143. The Kier molecular flexibility index (Phi) is 6.46. The molecule has 0 aromatic carbocycles. The average molecular weight is 314 g/mol. The Morgan fingerprint density at radius 2 is 1.86 bits per heavy atom. The van der Waals surface area contributed by atoms with Crippen LogP contribution < -0.4 is 0 Å². The highest BCUT2D eigenvalue weighted by atomic mass is 127. The molecule has 0 saturated carbocycles. The van der Waals surface area contributed by atoms with Crippen molar-refractivity contribution < 1.29 is 19.0 Å². The van der Waals surface area contributed by atoms with E-state index in [4.69, 9.17) is 14.2 Å². The maximum Gasteiger partial charge on any atom is 0.305 e. The topological polar surface area (TPSA) is 44.8 Å². The van der Waals surface area contributed by atoms with Crippen molar-refractivity contribution in [1.29, 1.82) is 0 Å². The Labute approximate surface area is 97.4 Å². The Morgan fingerprint density at radius 1 is 1.14 bits per heavy atom. The maximum atomic E-state index is 11.1. The minimum Gasteiger partial charge on any atom is -0.463 e. The van der Waals surface area contributed by atoms with Gasteiger partial charge in [-0.1, -0.05) is 22.6 Å². The van der Waals surface area contributed by atoms with Crippen LogP contribution in [0.2, 0.25) is 0 Å². The highest BCUT2D eigenvalue weighted by molar-refractivity contribution is 14.1. The van der Waals surface area contributed by atoms with E-state index in [9.17, 15) is 4.79 Å². The molecule has 0 amide bonds. The Morgan fingerprint density at radius 3 is 2.71 bits per heavy atom. The fourth-order valence-corrected chi connectivity index (χ4v) is 1.64. The predicted molar refractivity (Wildman–Crippen MR) is 59.6 cm³/mol. The molecule has 1 aliphatic rings. The van der Waals surface area contributed by atoms with Crippen LogP contribution in [0, 0.1) is 0 Å². The molecule has 0 spiro atoms. The number of esters is 1. The summed E-state index contributed by atoms with van der Waals surface area (Å²) in [7, 11) is 0. The zero-order chi connectivity index (χ0) is 10.2. The standard InChI is InChI=1S/C9H15IO4/c10-8-1-2-9(11)14-6-5-12-3-4-13-7-8/h8H,1-7H2. The highest BCUT2D eigenvalue weighted by Gasteiger charge is 2.10. The number of carbonyl (C=O) groups excluding carboxylic acids is 1. The van der Waals surface area contributed by atoms with Crippen LogP contribution in [0.4, 0.5) is 0 Å². The average Bonchev–Trinajstić information content (AvgIpc) is 2.17. The third kappa shape index (κ3) is 5.77. The third-order valence-corrected chi connectivity index (χ3v) is 2.81. The van der Waals surface area contributed by atoms with Gasteiger partial charge in [-0.15, -0.1) is 0 Å². The van der Waals surface area contributed by atoms with Crippen molar-refractivity contribution in [2.24, 2.45) is 0 Å². The molecule has 14 heavy (non-hydrogen) atoms. The van der Waals surface area contributed by atoms with Crippen LogP contribution in [-0.2, 0) is 19.0 Å². The summed E-state index contributed by atoms with van der Waals surface area (Å²) in [6.07, 6.45) is 1.29. The van der Waals surface area contributed by atoms with E-state index < -0.39 is 0 Å². The number of cyclic esters (lactones) is 1. The SMILES string of the molecule is O=C1CCC(I)COCCOCCO1. The second-order valence-electron chi connectivity index (χ2n) is 3.04. The lowest BCUT2D eigenvalue weighted by atomic mass is 10.2. The monoisotopic (exact) mass is 314 g/mol. The molecule has 5 heteroatoms. The second kappa shape index (κ2) is 7.42. The molecule has 0 radical (unpaired) electrons. The summed E-state index contributed by atoms with van der Waals surface area (Å²) in [4.78, 5) is 11.1. The summed E-state index contributed by atoms with van der Waals surface area (Å²) in [6.45, 7) is 2.68. The van der Waals surface area contributed by atoms with Crippen LogP contribution in [-0.4, -0.2) is 42.9 Å². The Bertz CT molecular complexity index is 174. The first kappa shape index (κ1) is 12.2. The lowest BCUT2D eigenvalue weighted by Crippen LogP contribution is -2.18. The van der Waals surface area contributed by atoms with Crippen LogP contribution in [0.25, 0.3) is 0 Å². The van der Waals surface area contributed by atoms with Crippen molar-refractivity contribution in [3.8, 4) is 0 Å². The van der Waals surface area contributed by atoms with E-state index in [-0.39, 0.29) is 5.97 Å². The molecule has 1 fully saturated rings. The lowest BCUT2D eigenvalue weighted by Gasteiger charge is -2.12. The quantitative estimate of drug-likeness (QED) is 0.382. The predicted octanol–water partition coefficient (Wildman–Crippen LogP) is 1.16. The van der Waals surface area contributed by atoms with Gasteiger partial charge in [0, 0.05) is 10.3 Å². The molecule has 0 aromatic rings. The van der Waals surface area contributed by atoms with Gasteiger partial charge in [-0.3, -0.25) is 4.79 Å². The van der Waals surface area contributed by atoms with Crippen molar-refractivity contribution in [2.75, 3.05) is 33.0 Å². The molecule has 1 aliphatic heterocycles. The first-order valence-electron chi connectivity index (χ1n) is 4.74. The third-order valence-electron chi connectivity index (χ3n) is 1.82. The molecule has 1 saturated heterocycles. The van der Waals surface area contributed by atoms with Crippen LogP contribution in [0.5, 0.6) is 0 Å². The van der Waals surface area contributed by atoms with Gasteiger partial charge in [-0.25, -0.2) is 0 Å². The zero-order valence-corrected chi connectivity index (χ0v) is 10.2. The Hall–Kier alpha value is 0.120. The van der Waals surface area contributed by atoms with Crippen LogP contribution in [0.3, 0.4) is 0 Å². The highest BCUT2D eigenvalue weighted by Crippen LogP contribution is 2.10. The molecule has 0 N–H and O–H groups in total. The van der Waals surface area contributed by atoms with E-state index in [1.807, 2.05) is 0 Å². The number of halogens is 1. The van der Waals surface area contributed by atoms with Crippen molar-refractivity contribution >= 4 is 28.6 Å². The first-order valence-corrected chi connectivity index (χ1v) is 5.99. The van der Waals surface area contributed by atoms with Crippen LogP contribution in [0.1, 0.15) is 12.8 Å².